The Morgan fingerprint density at radius 2 is 2.00 bits per heavy atom. The van der Waals surface area contributed by atoms with Gasteiger partial charge in [-0.05, 0) is 66.2 Å². The van der Waals surface area contributed by atoms with E-state index in [9.17, 15) is 4.79 Å². The number of nitrogens with one attached hydrogen (secondary N) is 1. The molecule has 192 valence electrons. The minimum atomic E-state index is -0.127. The van der Waals surface area contributed by atoms with Gasteiger partial charge in [0.25, 0.3) is 5.91 Å². The van der Waals surface area contributed by atoms with Crippen molar-refractivity contribution < 1.29 is 9.53 Å². The number of carbonyl (C=O) groups is 1. The van der Waals surface area contributed by atoms with Crippen molar-refractivity contribution in [1.29, 1.82) is 0 Å². The molecule has 0 aromatic carbocycles. The summed E-state index contributed by atoms with van der Waals surface area (Å²) >= 11 is 0. The molecule has 0 saturated heterocycles. The highest BCUT2D eigenvalue weighted by molar-refractivity contribution is 5.92. The number of carbonyl (C=O) groups excluding carboxylic acids is 1. The lowest BCUT2D eigenvalue weighted by Gasteiger charge is -2.29. The molecule has 3 aromatic rings. The summed E-state index contributed by atoms with van der Waals surface area (Å²) in [6.07, 6.45) is 17.0. The summed E-state index contributed by atoms with van der Waals surface area (Å²) in [6.45, 7) is 8.59. The molecule has 0 radical (unpaired) electrons. The van der Waals surface area contributed by atoms with Crippen molar-refractivity contribution in [2.75, 3.05) is 7.11 Å². The summed E-state index contributed by atoms with van der Waals surface area (Å²) in [5.74, 6) is 0.776. The molecular formula is C30H35N5O2. The monoisotopic (exact) mass is 497 g/mol. The van der Waals surface area contributed by atoms with Crippen molar-refractivity contribution in [3.63, 3.8) is 0 Å². The van der Waals surface area contributed by atoms with Gasteiger partial charge in [-0.3, -0.25) is 9.78 Å². The first-order valence-corrected chi connectivity index (χ1v) is 13.0. The summed E-state index contributed by atoms with van der Waals surface area (Å²) in [7, 11) is 1.56. The minimum absolute atomic E-state index is 0.127. The molecular weight excluding hydrogens is 462 g/mol. The number of hydrogen-bond donors (Lipinski definition) is 1. The van der Waals surface area contributed by atoms with Gasteiger partial charge in [0.2, 0.25) is 5.88 Å². The first-order chi connectivity index (χ1) is 18.0. The molecule has 2 unspecified atom stereocenters. The second kappa shape index (κ2) is 12.4. The van der Waals surface area contributed by atoms with Gasteiger partial charge in [-0.2, -0.15) is 0 Å². The Kier molecular flexibility index (Phi) is 8.77. The van der Waals surface area contributed by atoms with Crippen molar-refractivity contribution in [1.82, 2.24) is 25.3 Å². The highest BCUT2D eigenvalue weighted by atomic mass is 16.5. The third kappa shape index (κ3) is 6.47. The zero-order chi connectivity index (χ0) is 26.2. The van der Waals surface area contributed by atoms with E-state index in [2.05, 4.69) is 51.8 Å². The molecule has 1 aliphatic carbocycles. The van der Waals surface area contributed by atoms with E-state index in [1.165, 1.54) is 6.42 Å². The average Bonchev–Trinajstić information content (AvgIpc) is 2.92. The fraction of sp³-hybridized carbons (Fsp3) is 0.367. The molecule has 7 heteroatoms. The smallest absolute Gasteiger partial charge is 0.270 e. The number of allylic oxidation sites excluding steroid dienone is 2. The highest BCUT2D eigenvalue weighted by Crippen LogP contribution is 2.24. The minimum Gasteiger partial charge on any atom is -0.479 e. The Balaban J connectivity index is 1.64. The highest BCUT2D eigenvalue weighted by Gasteiger charge is 2.24. The number of rotatable bonds is 8. The maximum absolute atomic E-state index is 13.3. The molecule has 7 nitrogen and oxygen atoms in total. The van der Waals surface area contributed by atoms with Gasteiger partial charge in [0, 0.05) is 24.6 Å². The Morgan fingerprint density at radius 3 is 2.73 bits per heavy atom. The van der Waals surface area contributed by atoms with Crippen molar-refractivity contribution in [2.24, 2.45) is 5.92 Å². The third-order valence-electron chi connectivity index (χ3n) is 6.86. The Morgan fingerprint density at radius 1 is 1.19 bits per heavy atom. The number of nitrogens with zero attached hydrogens (tertiary/aromatic N) is 4. The lowest BCUT2D eigenvalue weighted by molar-refractivity contribution is 0.0905. The zero-order valence-corrected chi connectivity index (χ0v) is 21.9. The van der Waals surface area contributed by atoms with Crippen molar-refractivity contribution in [3.05, 3.63) is 76.3 Å². The summed E-state index contributed by atoms with van der Waals surface area (Å²) in [5, 5.41) is 4.75. The summed E-state index contributed by atoms with van der Waals surface area (Å²) in [5.41, 5.74) is 3.63. The number of methoxy groups -OCH3 is 1. The third-order valence-corrected chi connectivity index (χ3v) is 6.86. The summed E-state index contributed by atoms with van der Waals surface area (Å²) in [6, 6.07) is 5.96. The molecule has 4 rings (SSSR count). The molecule has 0 spiro atoms. The van der Waals surface area contributed by atoms with Crippen LogP contribution in [0.3, 0.4) is 0 Å². The SMILES string of the molecule is C=c1c(Cc2ccc(-c3nccnc3OC)nc2)cc(C(=O)NC2CCCCC2C)nc1=CC=CCC. The molecule has 0 bridgehead atoms. The van der Waals surface area contributed by atoms with Crippen molar-refractivity contribution >= 4 is 18.6 Å². The molecule has 1 fully saturated rings. The van der Waals surface area contributed by atoms with Crippen LogP contribution in [0.1, 0.15) is 67.6 Å². The zero-order valence-electron chi connectivity index (χ0n) is 21.9. The van der Waals surface area contributed by atoms with E-state index in [0.717, 1.165) is 42.0 Å². The number of pyridine rings is 2. The Hall–Kier alpha value is -3.87. The van der Waals surface area contributed by atoms with Gasteiger partial charge in [-0.1, -0.05) is 51.5 Å². The molecule has 1 aliphatic rings. The van der Waals surface area contributed by atoms with E-state index in [0.29, 0.717) is 40.6 Å². The van der Waals surface area contributed by atoms with Crippen LogP contribution in [0.15, 0.2) is 48.9 Å². The van der Waals surface area contributed by atoms with Gasteiger partial charge in [0.05, 0.1) is 18.2 Å². The summed E-state index contributed by atoms with van der Waals surface area (Å²) in [4.78, 5) is 31.1. The predicted molar refractivity (Wildman–Crippen MR) is 146 cm³/mol. The Labute approximate surface area is 218 Å². The lowest BCUT2D eigenvalue weighted by atomic mass is 9.86. The second-order valence-electron chi connectivity index (χ2n) is 9.52. The quantitative estimate of drug-likeness (QED) is 0.506. The van der Waals surface area contributed by atoms with Gasteiger partial charge in [0.15, 0.2) is 5.69 Å². The molecule has 2 atom stereocenters. The second-order valence-corrected chi connectivity index (χ2v) is 9.52. The van der Waals surface area contributed by atoms with Gasteiger partial charge < -0.3 is 10.1 Å². The van der Waals surface area contributed by atoms with Gasteiger partial charge in [0.1, 0.15) is 5.69 Å². The first kappa shape index (κ1) is 26.2. The van der Waals surface area contributed by atoms with E-state index in [-0.39, 0.29) is 11.9 Å². The standard InChI is InChI=1S/C30H35N5O2/c1-5-6-7-12-25-21(3)23(18-27(34-25)29(36)35-24-11-9-8-10-20(24)2)17-22-13-14-26(33-19-22)28-30(37-4)32-16-15-31-28/h6-7,12-16,18-20,24H,3,5,8-11,17H2,1-2,4H3,(H,35,36). The van der Waals surface area contributed by atoms with Gasteiger partial charge >= 0.3 is 0 Å². The van der Waals surface area contributed by atoms with Crippen LogP contribution in [-0.2, 0) is 6.42 Å². The topological polar surface area (TPSA) is 89.9 Å². The van der Waals surface area contributed by atoms with Crippen molar-refractivity contribution in [3.8, 4) is 17.3 Å². The fourth-order valence-electron chi connectivity index (χ4n) is 4.67. The molecule has 1 saturated carbocycles. The largest absolute Gasteiger partial charge is 0.479 e. The van der Waals surface area contributed by atoms with E-state index < -0.39 is 0 Å². The average molecular weight is 498 g/mol. The molecule has 0 aliphatic heterocycles. The number of aromatic nitrogens is 4. The number of hydrogen-bond acceptors (Lipinski definition) is 6. The molecule has 1 N–H and O–H groups in total. The fourth-order valence-corrected chi connectivity index (χ4v) is 4.67. The van der Waals surface area contributed by atoms with Crippen molar-refractivity contribution in [2.45, 2.75) is 58.4 Å². The maximum atomic E-state index is 13.3. The van der Waals surface area contributed by atoms with Crippen LogP contribution in [0.25, 0.3) is 24.0 Å². The maximum Gasteiger partial charge on any atom is 0.270 e. The lowest BCUT2D eigenvalue weighted by Crippen LogP contribution is -2.43. The number of amides is 1. The van der Waals surface area contributed by atoms with E-state index in [1.807, 2.05) is 36.5 Å². The van der Waals surface area contributed by atoms with Gasteiger partial charge in [-0.25, -0.2) is 15.0 Å². The predicted octanol–water partition coefficient (Wildman–Crippen LogP) is 4.00. The van der Waals surface area contributed by atoms with E-state index in [4.69, 9.17) is 4.74 Å². The number of ether oxygens (including phenoxy) is 1. The van der Waals surface area contributed by atoms with E-state index >= 15 is 0 Å². The van der Waals surface area contributed by atoms with Gasteiger partial charge in [-0.15, -0.1) is 0 Å². The van der Waals surface area contributed by atoms with Crippen LogP contribution < -0.4 is 20.6 Å². The molecule has 3 aromatic heterocycles. The van der Waals surface area contributed by atoms with E-state index in [1.54, 1.807) is 19.5 Å². The van der Waals surface area contributed by atoms with Crippen LogP contribution in [0.2, 0.25) is 0 Å². The van der Waals surface area contributed by atoms with Crippen LogP contribution in [0.5, 0.6) is 5.88 Å². The molecule has 3 heterocycles. The van der Waals surface area contributed by atoms with Crippen LogP contribution >= 0.6 is 0 Å². The summed E-state index contributed by atoms with van der Waals surface area (Å²) < 4.78 is 5.32. The Bertz CT molecular complexity index is 1370. The van der Waals surface area contributed by atoms with Crippen LogP contribution in [-0.4, -0.2) is 39.0 Å². The molecule has 1 amide bonds. The normalized spacial score (nSPS) is 18.2. The van der Waals surface area contributed by atoms with Crippen LogP contribution in [0, 0.1) is 5.92 Å². The molecule has 37 heavy (non-hydrogen) atoms. The first-order valence-electron chi connectivity index (χ1n) is 13.0. The van der Waals surface area contributed by atoms with Crippen LogP contribution in [0.4, 0.5) is 0 Å².